The van der Waals surface area contributed by atoms with Gasteiger partial charge in [0.05, 0.1) is 40.8 Å². The number of hydrogen-bond acceptors (Lipinski definition) is 5. The first kappa shape index (κ1) is 25.7. The molecule has 0 radical (unpaired) electrons. The van der Waals surface area contributed by atoms with Crippen LogP contribution in [0.3, 0.4) is 0 Å². The van der Waals surface area contributed by atoms with Crippen molar-refractivity contribution in [3.63, 3.8) is 0 Å². The number of amides is 3. The zero-order chi connectivity index (χ0) is 26.4. The van der Waals surface area contributed by atoms with Crippen molar-refractivity contribution < 1.29 is 24.2 Å². The molecule has 3 aliphatic rings. The Morgan fingerprint density at radius 2 is 1.78 bits per heavy atom. The summed E-state index contributed by atoms with van der Waals surface area (Å²) in [5.41, 5.74) is -0.975. The van der Waals surface area contributed by atoms with Crippen LogP contribution in [-0.2, 0) is 19.1 Å². The van der Waals surface area contributed by atoms with Crippen molar-refractivity contribution in [1.29, 1.82) is 0 Å². The van der Waals surface area contributed by atoms with E-state index in [1.165, 1.54) is 4.90 Å². The molecule has 2 aromatic carbocycles. The Labute approximate surface area is 221 Å². The molecule has 8 nitrogen and oxygen atoms in total. The molecule has 37 heavy (non-hydrogen) atoms. The molecule has 2 unspecified atom stereocenters. The largest absolute Gasteiger partial charge is 0.394 e. The standard InChI is InChI=1S/C28H32ClN3O5/c1-3-18(16-33)32-23(25(35)31-20-13-9-8-12-19(20)29)28-15-14-27(4-2,37-28)21(22(28)26(32)36)24(34)30-17-10-6-5-7-11-17/h5-13,18,21-23,33H,3-4,14-16H2,1-2H3,(H,30,34)(H,31,35)/t18-,21+,22-,23?,27-,28?/m0/s1. The maximum absolute atomic E-state index is 14.1. The van der Waals surface area contributed by atoms with Crippen molar-refractivity contribution >= 4 is 40.7 Å². The smallest absolute Gasteiger partial charge is 0.250 e. The monoisotopic (exact) mass is 525 g/mol. The highest BCUT2D eigenvalue weighted by Crippen LogP contribution is 2.64. The van der Waals surface area contributed by atoms with E-state index in [0.717, 1.165) is 0 Å². The highest BCUT2D eigenvalue weighted by Gasteiger charge is 2.79. The summed E-state index contributed by atoms with van der Waals surface area (Å²) in [6.07, 6.45) is 1.99. The molecule has 0 aliphatic carbocycles. The fourth-order valence-corrected chi connectivity index (χ4v) is 6.85. The number of nitrogens with zero attached hydrogens (tertiary/aromatic N) is 1. The lowest BCUT2D eigenvalue weighted by Gasteiger charge is -2.37. The average Bonchev–Trinajstić information content (AvgIpc) is 3.51. The molecule has 196 valence electrons. The number of nitrogens with one attached hydrogen (secondary N) is 2. The van der Waals surface area contributed by atoms with Crippen molar-refractivity contribution in [2.75, 3.05) is 17.2 Å². The van der Waals surface area contributed by atoms with Crippen LogP contribution in [0.4, 0.5) is 11.4 Å². The molecule has 2 aromatic rings. The maximum atomic E-state index is 14.1. The summed E-state index contributed by atoms with van der Waals surface area (Å²) in [4.78, 5) is 43.3. The Morgan fingerprint density at radius 1 is 1.08 bits per heavy atom. The van der Waals surface area contributed by atoms with E-state index in [1.807, 2.05) is 32.0 Å². The van der Waals surface area contributed by atoms with E-state index >= 15 is 0 Å². The number of fused-ring (bicyclic) bond motifs is 1. The SMILES string of the molecule is CC[C@@H](CO)N1C(=O)[C@@H]2[C@H](C(=O)Nc3ccccc3)[C@]3(CC)CCC2(O3)C1C(=O)Nc1ccccc1Cl. The van der Waals surface area contributed by atoms with Crippen LogP contribution >= 0.6 is 11.6 Å². The second-order valence-corrected chi connectivity index (χ2v) is 10.6. The summed E-state index contributed by atoms with van der Waals surface area (Å²) in [7, 11) is 0. The number of anilines is 2. The van der Waals surface area contributed by atoms with E-state index in [4.69, 9.17) is 16.3 Å². The number of rotatable bonds is 8. The molecule has 0 saturated carbocycles. The Hall–Kier alpha value is -2.94. The molecule has 2 bridgehead atoms. The van der Waals surface area contributed by atoms with Crippen LogP contribution < -0.4 is 10.6 Å². The van der Waals surface area contributed by atoms with E-state index in [-0.39, 0.29) is 18.4 Å². The third kappa shape index (κ3) is 3.93. The van der Waals surface area contributed by atoms with Crippen molar-refractivity contribution in [2.24, 2.45) is 11.8 Å². The van der Waals surface area contributed by atoms with Gasteiger partial charge in [0.1, 0.15) is 11.6 Å². The molecule has 3 heterocycles. The Kier molecular flexibility index (Phi) is 6.77. The fourth-order valence-electron chi connectivity index (χ4n) is 6.67. The lowest BCUT2D eigenvalue weighted by molar-refractivity contribution is -0.148. The van der Waals surface area contributed by atoms with Gasteiger partial charge >= 0.3 is 0 Å². The molecule has 3 N–H and O–H groups in total. The predicted molar refractivity (Wildman–Crippen MR) is 140 cm³/mol. The van der Waals surface area contributed by atoms with Crippen molar-refractivity contribution in [1.82, 2.24) is 4.90 Å². The van der Waals surface area contributed by atoms with Crippen molar-refractivity contribution in [3.8, 4) is 0 Å². The molecule has 5 rings (SSSR count). The van der Waals surface area contributed by atoms with E-state index in [0.29, 0.717) is 42.1 Å². The van der Waals surface area contributed by atoms with Crippen LogP contribution in [0.15, 0.2) is 54.6 Å². The number of aliphatic hydroxyl groups is 1. The summed E-state index contributed by atoms with van der Waals surface area (Å²) >= 11 is 6.31. The fraction of sp³-hybridized carbons (Fsp3) is 0.464. The first-order chi connectivity index (χ1) is 17.8. The summed E-state index contributed by atoms with van der Waals surface area (Å²) in [5.74, 6) is -2.67. The lowest BCUT2D eigenvalue weighted by Crippen LogP contribution is -2.56. The maximum Gasteiger partial charge on any atom is 0.250 e. The minimum absolute atomic E-state index is 0.294. The number of carbonyl (C=O) groups is 3. The normalized spacial score (nSPS) is 30.8. The zero-order valence-corrected chi connectivity index (χ0v) is 21.7. The van der Waals surface area contributed by atoms with Gasteiger partial charge in [0, 0.05) is 5.69 Å². The van der Waals surface area contributed by atoms with Gasteiger partial charge in [-0.25, -0.2) is 0 Å². The van der Waals surface area contributed by atoms with Crippen LogP contribution in [0, 0.1) is 11.8 Å². The van der Waals surface area contributed by atoms with Crippen LogP contribution in [0.2, 0.25) is 5.02 Å². The molecule has 0 aromatic heterocycles. The predicted octanol–water partition coefficient (Wildman–Crippen LogP) is 3.84. The molecular weight excluding hydrogens is 494 g/mol. The number of halogens is 1. The number of likely N-dealkylation sites (tertiary alicyclic amines) is 1. The zero-order valence-electron chi connectivity index (χ0n) is 20.9. The summed E-state index contributed by atoms with van der Waals surface area (Å²) in [6.45, 7) is 3.50. The van der Waals surface area contributed by atoms with Gasteiger partial charge in [-0.2, -0.15) is 0 Å². The number of carbonyl (C=O) groups excluding carboxylic acids is 3. The molecule has 3 saturated heterocycles. The second-order valence-electron chi connectivity index (χ2n) is 10.1. The van der Waals surface area contributed by atoms with Gasteiger partial charge in [-0.05, 0) is 49.9 Å². The highest BCUT2D eigenvalue weighted by molar-refractivity contribution is 6.33. The van der Waals surface area contributed by atoms with Crippen LogP contribution in [0.25, 0.3) is 0 Å². The van der Waals surface area contributed by atoms with Crippen molar-refractivity contribution in [2.45, 2.75) is 62.8 Å². The number of para-hydroxylation sites is 2. The molecule has 6 atom stereocenters. The van der Waals surface area contributed by atoms with Gasteiger partial charge in [-0.1, -0.05) is 55.8 Å². The van der Waals surface area contributed by atoms with Crippen LogP contribution in [-0.4, -0.2) is 57.6 Å². The summed E-state index contributed by atoms with van der Waals surface area (Å²) in [6, 6.07) is 14.4. The number of aliphatic hydroxyl groups excluding tert-OH is 1. The topological polar surface area (TPSA) is 108 Å². The number of ether oxygens (including phenoxy) is 1. The van der Waals surface area contributed by atoms with Gasteiger partial charge in [-0.3, -0.25) is 14.4 Å². The minimum atomic E-state index is -1.18. The molecular formula is C28H32ClN3O5. The first-order valence-corrected chi connectivity index (χ1v) is 13.2. The highest BCUT2D eigenvalue weighted by atomic mass is 35.5. The van der Waals surface area contributed by atoms with Gasteiger partial charge < -0.3 is 25.4 Å². The molecule has 1 spiro atoms. The Morgan fingerprint density at radius 3 is 2.43 bits per heavy atom. The molecule has 3 aliphatic heterocycles. The van der Waals surface area contributed by atoms with E-state index < -0.39 is 41.0 Å². The minimum Gasteiger partial charge on any atom is -0.394 e. The Balaban J connectivity index is 1.56. The van der Waals surface area contributed by atoms with E-state index in [1.54, 1.807) is 36.4 Å². The molecule has 3 fully saturated rings. The third-order valence-corrected chi connectivity index (χ3v) is 8.73. The lowest BCUT2D eigenvalue weighted by atomic mass is 9.65. The van der Waals surface area contributed by atoms with E-state index in [9.17, 15) is 19.5 Å². The summed E-state index contributed by atoms with van der Waals surface area (Å²) < 4.78 is 6.73. The van der Waals surface area contributed by atoms with Crippen molar-refractivity contribution in [3.05, 3.63) is 59.6 Å². The molecule has 9 heteroatoms. The van der Waals surface area contributed by atoms with Gasteiger partial charge in [0.15, 0.2) is 0 Å². The Bertz CT molecular complexity index is 1210. The quantitative estimate of drug-likeness (QED) is 0.485. The van der Waals surface area contributed by atoms with E-state index in [2.05, 4.69) is 10.6 Å². The summed E-state index contributed by atoms with van der Waals surface area (Å²) in [5, 5.41) is 16.4. The van der Waals surface area contributed by atoms with Crippen LogP contribution in [0.1, 0.15) is 39.5 Å². The van der Waals surface area contributed by atoms with Gasteiger partial charge in [-0.15, -0.1) is 0 Å². The number of benzene rings is 2. The van der Waals surface area contributed by atoms with Gasteiger partial charge in [0.25, 0.3) is 0 Å². The molecule has 3 amide bonds. The first-order valence-electron chi connectivity index (χ1n) is 12.9. The third-order valence-electron chi connectivity index (χ3n) is 8.40. The number of hydrogen-bond donors (Lipinski definition) is 3. The average molecular weight is 526 g/mol. The second kappa shape index (κ2) is 9.74. The van der Waals surface area contributed by atoms with Crippen LogP contribution in [0.5, 0.6) is 0 Å². The van der Waals surface area contributed by atoms with Gasteiger partial charge in [0.2, 0.25) is 17.7 Å².